The summed E-state index contributed by atoms with van der Waals surface area (Å²) >= 11 is 0. The summed E-state index contributed by atoms with van der Waals surface area (Å²) in [5, 5.41) is 19.8. The van der Waals surface area contributed by atoms with Gasteiger partial charge in [0.25, 0.3) is 5.69 Å². The average Bonchev–Trinajstić information content (AvgIpc) is 2.38. The van der Waals surface area contributed by atoms with Crippen LogP contribution in [0.15, 0.2) is 29.2 Å². The van der Waals surface area contributed by atoms with Gasteiger partial charge in [-0.2, -0.15) is 0 Å². The number of non-ortho nitro benzene ring substituents is 1. The summed E-state index contributed by atoms with van der Waals surface area (Å²) in [6, 6.07) is 4.21. The van der Waals surface area contributed by atoms with Gasteiger partial charge in [-0.3, -0.25) is 14.9 Å². The van der Waals surface area contributed by atoms with Gasteiger partial charge in [-0.25, -0.2) is 4.79 Å². The lowest BCUT2D eigenvalue weighted by Gasteiger charge is -2.09. The number of benzene rings is 1. The predicted octanol–water partition coefficient (Wildman–Crippen LogP) is 1.63. The minimum atomic E-state index is -1.40. The number of aromatic carboxylic acids is 1. The van der Waals surface area contributed by atoms with Gasteiger partial charge in [0.2, 0.25) is 5.43 Å². The van der Waals surface area contributed by atoms with Crippen molar-refractivity contribution in [2.24, 2.45) is 0 Å². The molecule has 1 aromatic heterocycles. The van der Waals surface area contributed by atoms with Crippen LogP contribution in [-0.4, -0.2) is 20.6 Å². The first kappa shape index (κ1) is 12.7. The van der Waals surface area contributed by atoms with E-state index in [0.717, 1.165) is 0 Å². The summed E-state index contributed by atoms with van der Waals surface area (Å²) in [4.78, 5) is 33.4. The highest BCUT2D eigenvalue weighted by Gasteiger charge is 2.21. The molecule has 0 radical (unpaired) electrons. The molecule has 2 aromatic rings. The Morgan fingerprint density at radius 3 is 2.68 bits per heavy atom. The number of carboxylic acid groups (broad SMARTS) is 1. The maximum Gasteiger partial charge on any atom is 0.341 e. The highest BCUT2D eigenvalue weighted by Crippen LogP contribution is 2.22. The molecule has 7 nitrogen and oxygen atoms in total. The minimum Gasteiger partial charge on any atom is -0.477 e. The van der Waals surface area contributed by atoms with E-state index >= 15 is 0 Å². The molecule has 98 valence electrons. The van der Waals surface area contributed by atoms with Crippen LogP contribution in [0.4, 0.5) is 5.69 Å². The Hall–Kier alpha value is -2.70. The summed E-state index contributed by atoms with van der Waals surface area (Å²) in [7, 11) is 0. The van der Waals surface area contributed by atoms with Crippen LogP contribution in [0.3, 0.4) is 0 Å². The van der Waals surface area contributed by atoms with Gasteiger partial charge in [0.1, 0.15) is 10.9 Å². The Bertz CT molecular complexity index is 748. The van der Waals surface area contributed by atoms with Crippen LogP contribution in [0.1, 0.15) is 17.3 Å². The van der Waals surface area contributed by atoms with Gasteiger partial charge in [-0.05, 0) is 13.0 Å². The lowest BCUT2D eigenvalue weighted by Crippen LogP contribution is -2.19. The number of hydrogen-bond acceptors (Lipinski definition) is 4. The van der Waals surface area contributed by atoms with Crippen molar-refractivity contribution in [3.05, 3.63) is 50.3 Å². The number of hydrogen-bond donors (Lipinski definition) is 1. The van der Waals surface area contributed by atoms with Gasteiger partial charge in [0.15, 0.2) is 0 Å². The summed E-state index contributed by atoms with van der Waals surface area (Å²) in [6.45, 7) is 2.16. The highest BCUT2D eigenvalue weighted by atomic mass is 16.6. The van der Waals surface area contributed by atoms with Crippen molar-refractivity contribution in [2.45, 2.75) is 13.5 Å². The van der Waals surface area contributed by atoms with Crippen molar-refractivity contribution in [3.8, 4) is 0 Å². The Morgan fingerprint density at radius 2 is 2.16 bits per heavy atom. The van der Waals surface area contributed by atoms with Gasteiger partial charge in [0.05, 0.1) is 10.4 Å². The summed E-state index contributed by atoms with van der Waals surface area (Å²) in [5.41, 5.74) is -1.33. The number of nitro benzene ring substituents is 1. The fraction of sp³-hybridized carbons (Fsp3) is 0.167. The molecule has 7 heteroatoms. The second kappa shape index (κ2) is 4.52. The lowest BCUT2D eigenvalue weighted by molar-refractivity contribution is -0.383. The maximum atomic E-state index is 12.1. The van der Waals surface area contributed by atoms with Crippen LogP contribution >= 0.6 is 0 Å². The first-order valence-corrected chi connectivity index (χ1v) is 5.51. The van der Waals surface area contributed by atoms with E-state index in [-0.39, 0.29) is 11.1 Å². The van der Waals surface area contributed by atoms with E-state index in [1.807, 2.05) is 0 Å². The zero-order valence-electron chi connectivity index (χ0n) is 9.99. The zero-order chi connectivity index (χ0) is 14.2. The predicted molar refractivity (Wildman–Crippen MR) is 67.5 cm³/mol. The van der Waals surface area contributed by atoms with Crippen LogP contribution in [-0.2, 0) is 6.54 Å². The number of rotatable bonds is 3. The summed E-state index contributed by atoms with van der Waals surface area (Å²) in [6.07, 6.45) is 1.21. The first-order chi connectivity index (χ1) is 8.97. The second-order valence-electron chi connectivity index (χ2n) is 3.89. The second-order valence-corrected chi connectivity index (χ2v) is 3.89. The molecule has 0 aliphatic rings. The topological polar surface area (TPSA) is 102 Å². The zero-order valence-corrected chi connectivity index (χ0v) is 9.99. The third-order valence-electron chi connectivity index (χ3n) is 2.85. The number of nitrogens with zero attached hydrogens (tertiary/aromatic N) is 2. The molecule has 0 spiro atoms. The quantitative estimate of drug-likeness (QED) is 0.668. The number of pyridine rings is 1. The number of aryl methyl sites for hydroxylation is 1. The van der Waals surface area contributed by atoms with E-state index in [0.29, 0.717) is 12.1 Å². The molecule has 0 aliphatic heterocycles. The van der Waals surface area contributed by atoms with E-state index in [2.05, 4.69) is 0 Å². The average molecular weight is 262 g/mol. The van der Waals surface area contributed by atoms with E-state index in [1.165, 1.54) is 22.9 Å². The summed E-state index contributed by atoms with van der Waals surface area (Å²) in [5.74, 6) is -1.40. The molecule has 0 saturated heterocycles. The van der Waals surface area contributed by atoms with Crippen LogP contribution in [0.25, 0.3) is 10.9 Å². The van der Waals surface area contributed by atoms with E-state index in [1.54, 1.807) is 13.0 Å². The van der Waals surface area contributed by atoms with Crippen LogP contribution in [0.5, 0.6) is 0 Å². The first-order valence-electron chi connectivity index (χ1n) is 5.51. The summed E-state index contributed by atoms with van der Waals surface area (Å²) < 4.78 is 1.51. The van der Waals surface area contributed by atoms with E-state index in [9.17, 15) is 19.7 Å². The molecule has 0 saturated carbocycles. The van der Waals surface area contributed by atoms with Crippen molar-refractivity contribution < 1.29 is 14.8 Å². The SMILES string of the molecule is CCn1cc(C(=O)O)c(=O)c2c([N+](=O)[O-])cccc21. The van der Waals surface area contributed by atoms with Gasteiger partial charge in [0, 0.05) is 18.8 Å². The van der Waals surface area contributed by atoms with Crippen molar-refractivity contribution >= 4 is 22.6 Å². The minimum absolute atomic E-state index is 0.172. The van der Waals surface area contributed by atoms with E-state index in [4.69, 9.17) is 5.11 Å². The van der Waals surface area contributed by atoms with Crippen molar-refractivity contribution in [2.75, 3.05) is 0 Å². The standard InChI is InChI=1S/C12H10N2O5/c1-2-13-6-7(12(16)17)11(15)10-8(13)4-3-5-9(10)14(18)19/h3-6H,2H2,1H3,(H,16,17). The third kappa shape index (κ3) is 1.95. The van der Waals surface area contributed by atoms with Gasteiger partial charge < -0.3 is 9.67 Å². The smallest absolute Gasteiger partial charge is 0.341 e. The molecule has 2 rings (SSSR count). The molecule has 0 bridgehead atoms. The van der Waals surface area contributed by atoms with Gasteiger partial charge in [-0.15, -0.1) is 0 Å². The molecule has 0 fully saturated rings. The van der Waals surface area contributed by atoms with Gasteiger partial charge >= 0.3 is 5.97 Å². The number of carboxylic acids is 1. The number of fused-ring (bicyclic) bond motifs is 1. The van der Waals surface area contributed by atoms with Crippen molar-refractivity contribution in [1.29, 1.82) is 0 Å². The van der Waals surface area contributed by atoms with Crippen LogP contribution in [0.2, 0.25) is 0 Å². The molecule has 0 amide bonds. The van der Waals surface area contributed by atoms with Crippen LogP contribution in [0, 0.1) is 10.1 Å². The van der Waals surface area contributed by atoms with Crippen LogP contribution < -0.4 is 5.43 Å². The molecule has 1 heterocycles. The number of carbonyl (C=O) groups is 1. The van der Waals surface area contributed by atoms with Crippen molar-refractivity contribution in [1.82, 2.24) is 4.57 Å². The Kier molecular flexibility index (Phi) is 3.04. The largest absolute Gasteiger partial charge is 0.477 e. The molecule has 0 aliphatic carbocycles. The maximum absolute atomic E-state index is 12.1. The molecule has 19 heavy (non-hydrogen) atoms. The Labute approximate surface area is 106 Å². The third-order valence-corrected chi connectivity index (χ3v) is 2.85. The number of aromatic nitrogens is 1. The highest BCUT2D eigenvalue weighted by molar-refractivity contribution is 5.95. The normalized spacial score (nSPS) is 10.6. The molecule has 0 unspecified atom stereocenters. The molecule has 1 N–H and O–H groups in total. The fourth-order valence-corrected chi connectivity index (χ4v) is 1.99. The Morgan fingerprint density at radius 1 is 1.47 bits per heavy atom. The fourth-order valence-electron chi connectivity index (χ4n) is 1.99. The van der Waals surface area contributed by atoms with Crippen molar-refractivity contribution in [3.63, 3.8) is 0 Å². The lowest BCUT2D eigenvalue weighted by atomic mass is 10.1. The molecular formula is C12H10N2O5. The molecule has 1 aromatic carbocycles. The Balaban J connectivity index is 3.05. The van der Waals surface area contributed by atoms with Gasteiger partial charge in [-0.1, -0.05) is 6.07 Å². The van der Waals surface area contributed by atoms with E-state index < -0.39 is 21.9 Å². The molecule has 0 atom stereocenters. The number of nitro groups is 1. The molecular weight excluding hydrogens is 252 g/mol. The monoisotopic (exact) mass is 262 g/mol.